The molecule has 2 N–H and O–H groups in total. The third-order valence-electron chi connectivity index (χ3n) is 2.69. The lowest BCUT2D eigenvalue weighted by Crippen LogP contribution is -2.51. The van der Waals surface area contributed by atoms with Crippen LogP contribution in [-0.4, -0.2) is 21.2 Å². The fourth-order valence-corrected chi connectivity index (χ4v) is 1.29. The van der Waals surface area contributed by atoms with Gasteiger partial charge < -0.3 is 10.4 Å². The van der Waals surface area contributed by atoms with Crippen LogP contribution in [0.1, 0.15) is 27.7 Å². The van der Waals surface area contributed by atoms with Crippen molar-refractivity contribution < 1.29 is 5.11 Å². The molecule has 0 aliphatic heterocycles. The summed E-state index contributed by atoms with van der Waals surface area (Å²) in [5, 5.41) is 13.2. The zero-order valence-corrected chi connectivity index (χ0v) is 11.1. The first-order chi connectivity index (χ1) is 6.72. The van der Waals surface area contributed by atoms with Gasteiger partial charge in [-0.1, -0.05) is 6.07 Å². The van der Waals surface area contributed by atoms with Gasteiger partial charge in [-0.3, -0.25) is 0 Å². The molecule has 0 aliphatic carbocycles. The van der Waals surface area contributed by atoms with E-state index in [1.807, 2.05) is 32.0 Å². The van der Waals surface area contributed by atoms with E-state index in [0.29, 0.717) is 0 Å². The van der Waals surface area contributed by atoms with Crippen molar-refractivity contribution in [1.29, 1.82) is 0 Å². The van der Waals surface area contributed by atoms with Gasteiger partial charge in [-0.15, -0.1) is 0 Å². The number of pyridine rings is 1. The third-order valence-corrected chi connectivity index (χ3v) is 3.13. The molecule has 0 aromatic carbocycles. The molecule has 0 bridgehead atoms. The number of hydrogen-bond donors (Lipinski definition) is 2. The maximum atomic E-state index is 9.97. The summed E-state index contributed by atoms with van der Waals surface area (Å²) >= 11 is 3.31. The van der Waals surface area contributed by atoms with Crippen LogP contribution in [0.25, 0.3) is 0 Å². The number of aromatic nitrogens is 1. The topological polar surface area (TPSA) is 45.1 Å². The second kappa shape index (κ2) is 4.10. The lowest BCUT2D eigenvalue weighted by atomic mass is 9.86. The molecular weight excluding hydrogens is 256 g/mol. The fraction of sp³-hybridized carbons (Fsp3) is 0.545. The highest BCUT2D eigenvalue weighted by atomic mass is 79.9. The van der Waals surface area contributed by atoms with Gasteiger partial charge in [0.25, 0.3) is 0 Å². The number of nitrogens with zero attached hydrogens (tertiary/aromatic N) is 1. The van der Waals surface area contributed by atoms with Gasteiger partial charge in [0.05, 0.1) is 11.1 Å². The second-order valence-corrected chi connectivity index (χ2v) is 5.47. The maximum absolute atomic E-state index is 9.97. The average molecular weight is 273 g/mol. The van der Waals surface area contributed by atoms with E-state index in [0.717, 1.165) is 10.4 Å². The van der Waals surface area contributed by atoms with Gasteiger partial charge in [0, 0.05) is 0 Å². The zero-order valence-electron chi connectivity index (χ0n) is 9.50. The Bertz CT molecular complexity index is 345. The van der Waals surface area contributed by atoms with Crippen molar-refractivity contribution in [3.05, 3.63) is 22.8 Å². The lowest BCUT2D eigenvalue weighted by Gasteiger charge is -2.38. The van der Waals surface area contributed by atoms with Crippen molar-refractivity contribution in [2.45, 2.75) is 38.8 Å². The van der Waals surface area contributed by atoms with Crippen molar-refractivity contribution >= 4 is 21.7 Å². The Kier molecular flexibility index (Phi) is 3.41. The largest absolute Gasteiger partial charge is 0.388 e. The molecule has 0 unspecified atom stereocenters. The molecule has 0 amide bonds. The molecule has 0 atom stereocenters. The summed E-state index contributed by atoms with van der Waals surface area (Å²) < 4.78 is 0.777. The van der Waals surface area contributed by atoms with E-state index in [-0.39, 0.29) is 0 Å². The van der Waals surface area contributed by atoms with Gasteiger partial charge in [0.2, 0.25) is 0 Å². The first kappa shape index (κ1) is 12.5. The third kappa shape index (κ3) is 3.18. The van der Waals surface area contributed by atoms with Crippen LogP contribution in [0.5, 0.6) is 0 Å². The van der Waals surface area contributed by atoms with Crippen molar-refractivity contribution in [3.8, 4) is 0 Å². The van der Waals surface area contributed by atoms with E-state index in [9.17, 15) is 5.11 Å². The lowest BCUT2D eigenvalue weighted by molar-refractivity contribution is 0.0239. The van der Waals surface area contributed by atoms with E-state index in [2.05, 4.69) is 26.2 Å². The van der Waals surface area contributed by atoms with E-state index in [1.54, 1.807) is 13.8 Å². The fourth-order valence-electron chi connectivity index (χ4n) is 0.951. The molecular formula is C11H17BrN2O. The van der Waals surface area contributed by atoms with E-state index in [4.69, 9.17) is 0 Å². The molecule has 0 spiro atoms. The van der Waals surface area contributed by atoms with Crippen LogP contribution >= 0.6 is 15.9 Å². The van der Waals surface area contributed by atoms with E-state index >= 15 is 0 Å². The van der Waals surface area contributed by atoms with Crippen LogP contribution in [0.2, 0.25) is 0 Å². The molecule has 0 saturated heterocycles. The molecule has 0 aliphatic rings. The summed E-state index contributed by atoms with van der Waals surface area (Å²) in [5.74, 6) is 0.747. The number of nitrogens with one attached hydrogen (secondary N) is 1. The number of hydrogen-bond acceptors (Lipinski definition) is 3. The Balaban J connectivity index is 2.87. The van der Waals surface area contributed by atoms with Crippen molar-refractivity contribution in [1.82, 2.24) is 4.98 Å². The smallest absolute Gasteiger partial charge is 0.127 e. The summed E-state index contributed by atoms with van der Waals surface area (Å²) in [5.41, 5.74) is -1.27. The molecule has 1 rings (SSSR count). The minimum atomic E-state index is -0.822. The quantitative estimate of drug-likeness (QED) is 0.832. The standard InChI is InChI=1S/C11H17BrN2O/c1-10(2,11(3,4)15)14-9-7-5-6-8(12)13-9/h5-7,15H,1-4H3,(H,13,14). The molecule has 1 aromatic heterocycles. The van der Waals surface area contributed by atoms with Crippen LogP contribution in [0.15, 0.2) is 22.8 Å². The van der Waals surface area contributed by atoms with Crippen molar-refractivity contribution in [3.63, 3.8) is 0 Å². The molecule has 3 nitrogen and oxygen atoms in total. The van der Waals surface area contributed by atoms with Crippen LogP contribution in [0, 0.1) is 0 Å². The molecule has 4 heteroatoms. The van der Waals surface area contributed by atoms with Gasteiger partial charge >= 0.3 is 0 Å². The van der Waals surface area contributed by atoms with Crippen molar-refractivity contribution in [2.24, 2.45) is 0 Å². The van der Waals surface area contributed by atoms with E-state index < -0.39 is 11.1 Å². The van der Waals surface area contributed by atoms with Crippen LogP contribution in [0.3, 0.4) is 0 Å². The molecule has 1 aromatic rings. The molecule has 0 saturated carbocycles. The highest BCUT2D eigenvalue weighted by molar-refractivity contribution is 9.10. The molecule has 1 heterocycles. The summed E-state index contributed by atoms with van der Waals surface area (Å²) in [6.07, 6.45) is 0. The number of halogens is 1. The molecule has 84 valence electrons. The Hall–Kier alpha value is -0.610. The van der Waals surface area contributed by atoms with Gasteiger partial charge in [-0.25, -0.2) is 4.98 Å². The highest BCUT2D eigenvalue weighted by Gasteiger charge is 2.35. The highest BCUT2D eigenvalue weighted by Crippen LogP contribution is 2.25. The van der Waals surface area contributed by atoms with Gasteiger partial charge in [-0.2, -0.15) is 0 Å². The first-order valence-corrected chi connectivity index (χ1v) is 5.65. The normalized spacial score (nSPS) is 12.7. The minimum Gasteiger partial charge on any atom is -0.388 e. The predicted molar refractivity (Wildman–Crippen MR) is 65.9 cm³/mol. The second-order valence-electron chi connectivity index (χ2n) is 4.65. The van der Waals surface area contributed by atoms with Crippen molar-refractivity contribution in [2.75, 3.05) is 5.32 Å². The van der Waals surface area contributed by atoms with Crippen LogP contribution in [-0.2, 0) is 0 Å². The molecule has 0 fully saturated rings. The van der Waals surface area contributed by atoms with Gasteiger partial charge in [-0.05, 0) is 55.8 Å². The molecule has 0 radical (unpaired) electrons. The van der Waals surface area contributed by atoms with Gasteiger partial charge in [0.15, 0.2) is 0 Å². The van der Waals surface area contributed by atoms with Gasteiger partial charge in [0.1, 0.15) is 10.4 Å². The van der Waals surface area contributed by atoms with E-state index in [1.165, 1.54) is 0 Å². The Morgan fingerprint density at radius 3 is 2.33 bits per heavy atom. The Labute approximate surface area is 99.1 Å². The summed E-state index contributed by atoms with van der Waals surface area (Å²) in [6, 6.07) is 5.64. The average Bonchev–Trinajstić information content (AvgIpc) is 2.00. The first-order valence-electron chi connectivity index (χ1n) is 4.85. The summed E-state index contributed by atoms with van der Waals surface area (Å²) in [6.45, 7) is 7.43. The van der Waals surface area contributed by atoms with Crippen LogP contribution < -0.4 is 5.32 Å². The monoisotopic (exact) mass is 272 g/mol. The number of aliphatic hydroxyl groups is 1. The van der Waals surface area contributed by atoms with Crippen LogP contribution in [0.4, 0.5) is 5.82 Å². The maximum Gasteiger partial charge on any atom is 0.127 e. The number of anilines is 1. The summed E-state index contributed by atoms with van der Waals surface area (Å²) in [4.78, 5) is 4.27. The molecule has 15 heavy (non-hydrogen) atoms. The number of rotatable bonds is 3. The SMILES string of the molecule is CC(C)(O)C(C)(C)Nc1cccc(Br)n1. The summed E-state index contributed by atoms with van der Waals surface area (Å²) in [7, 11) is 0. The predicted octanol–water partition coefficient (Wildman–Crippen LogP) is 2.81. The minimum absolute atomic E-state index is 0.444. The Morgan fingerprint density at radius 2 is 1.87 bits per heavy atom. The zero-order chi connectivity index (χ0) is 11.7. The Morgan fingerprint density at radius 1 is 1.27 bits per heavy atom.